The first-order valence-electron chi connectivity index (χ1n) is 7.60. The molecule has 0 aliphatic carbocycles. The number of benzene rings is 1. The van der Waals surface area contributed by atoms with Crippen molar-refractivity contribution in [2.24, 2.45) is 5.16 Å². The molecule has 13 heteroatoms. The summed E-state index contributed by atoms with van der Waals surface area (Å²) in [5.41, 5.74) is -5.70. The number of hydrogen-bond donors (Lipinski definition) is 1. The fraction of sp³-hybridized carbons (Fsp3) is 0.267. The first-order chi connectivity index (χ1) is 13.0. The van der Waals surface area contributed by atoms with E-state index in [1.807, 2.05) is 0 Å². The maximum Gasteiger partial charge on any atom is 0.516 e. The molecule has 1 aromatic carbocycles. The number of halogens is 4. The Morgan fingerprint density at radius 1 is 1.25 bits per heavy atom. The third kappa shape index (κ3) is 5.45. The minimum Gasteiger partial charge on any atom is -0.437 e. The summed E-state index contributed by atoms with van der Waals surface area (Å²) in [6.45, 7) is 3.29. The molecular weight excluding hydrogens is 425 g/mol. The number of hydrogen-bond acceptors (Lipinski definition) is 7. The molecule has 0 radical (unpaired) electrons. The minimum atomic E-state index is -5.63. The highest BCUT2D eigenvalue weighted by atomic mass is 35.5. The molecule has 0 spiro atoms. The Labute approximate surface area is 163 Å². The second-order valence-electron chi connectivity index (χ2n) is 5.15. The lowest BCUT2D eigenvalue weighted by Crippen LogP contribution is -2.30. The topological polar surface area (TPSA) is 103 Å². The Hall–Kier alpha value is -2.60. The molecule has 0 amide bonds. The third-order valence-corrected chi connectivity index (χ3v) is 4.39. The fourth-order valence-electron chi connectivity index (χ4n) is 1.87. The molecule has 2 aromatic rings. The van der Waals surface area contributed by atoms with Crippen LogP contribution in [0, 0.1) is 0 Å². The largest absolute Gasteiger partial charge is 0.516 e. The van der Waals surface area contributed by atoms with Gasteiger partial charge in [-0.3, -0.25) is 4.72 Å². The number of alkyl halides is 3. The van der Waals surface area contributed by atoms with E-state index < -0.39 is 15.5 Å². The van der Waals surface area contributed by atoms with Crippen molar-refractivity contribution in [3.05, 3.63) is 41.0 Å². The van der Waals surface area contributed by atoms with Crippen LogP contribution in [0.4, 0.5) is 18.9 Å². The Balaban J connectivity index is 2.43. The van der Waals surface area contributed by atoms with E-state index in [2.05, 4.69) is 15.4 Å². The lowest BCUT2D eigenvalue weighted by atomic mass is 10.1. The van der Waals surface area contributed by atoms with Gasteiger partial charge in [-0.1, -0.05) is 16.8 Å². The van der Waals surface area contributed by atoms with Crippen LogP contribution in [0.5, 0.6) is 11.6 Å². The molecule has 152 valence electrons. The van der Waals surface area contributed by atoms with Crippen molar-refractivity contribution in [2.75, 3.05) is 11.3 Å². The molecule has 0 bridgehead atoms. The molecule has 0 aliphatic rings. The second-order valence-corrected chi connectivity index (χ2v) is 7.21. The fourth-order valence-corrected chi connectivity index (χ4v) is 2.55. The number of rotatable bonds is 7. The quantitative estimate of drug-likeness (QED) is 0.518. The molecule has 0 unspecified atom stereocenters. The van der Waals surface area contributed by atoms with Gasteiger partial charge in [0.2, 0.25) is 5.88 Å². The standard InChI is InChI=1S/C15H14ClF3N4O4S/c1-3-26-22-9(2)11-8-10(27-14-7-6-13(16)20-21-14)4-5-12(11)23-28(24,25)15(17,18)19/h4-8,23H,3H2,1-2H3. The van der Waals surface area contributed by atoms with Gasteiger partial charge >= 0.3 is 15.5 Å². The van der Waals surface area contributed by atoms with Crippen LogP contribution in [-0.2, 0) is 14.9 Å². The number of nitrogens with one attached hydrogen (secondary N) is 1. The van der Waals surface area contributed by atoms with Gasteiger partial charge in [-0.2, -0.15) is 21.6 Å². The van der Waals surface area contributed by atoms with Crippen LogP contribution < -0.4 is 9.46 Å². The first kappa shape index (κ1) is 21.7. The molecule has 8 nitrogen and oxygen atoms in total. The highest BCUT2D eigenvalue weighted by molar-refractivity contribution is 7.93. The second kappa shape index (κ2) is 8.61. The van der Waals surface area contributed by atoms with E-state index in [4.69, 9.17) is 21.2 Å². The van der Waals surface area contributed by atoms with Crippen molar-refractivity contribution >= 4 is 33.0 Å². The summed E-state index contributed by atoms with van der Waals surface area (Å²) in [4.78, 5) is 4.88. The van der Waals surface area contributed by atoms with Gasteiger partial charge in [0.15, 0.2) is 5.15 Å². The van der Waals surface area contributed by atoms with E-state index in [1.165, 1.54) is 35.9 Å². The summed E-state index contributed by atoms with van der Waals surface area (Å²) in [6.07, 6.45) is 0. The molecule has 2 rings (SSSR count). The maximum atomic E-state index is 12.7. The third-order valence-electron chi connectivity index (χ3n) is 3.09. The molecule has 0 saturated heterocycles. The van der Waals surface area contributed by atoms with Crippen LogP contribution in [0.25, 0.3) is 0 Å². The van der Waals surface area contributed by atoms with Gasteiger partial charge in [0, 0.05) is 11.6 Å². The van der Waals surface area contributed by atoms with Crippen LogP contribution in [0.2, 0.25) is 5.15 Å². The monoisotopic (exact) mass is 438 g/mol. The number of nitrogens with zero attached hydrogens (tertiary/aromatic N) is 3. The molecule has 28 heavy (non-hydrogen) atoms. The zero-order chi connectivity index (χ0) is 20.9. The molecule has 1 heterocycles. The van der Waals surface area contributed by atoms with Gasteiger partial charge in [-0.25, -0.2) is 0 Å². The average Bonchev–Trinajstić information content (AvgIpc) is 2.61. The summed E-state index contributed by atoms with van der Waals surface area (Å²) >= 11 is 5.63. The van der Waals surface area contributed by atoms with Crippen molar-refractivity contribution in [1.82, 2.24) is 10.2 Å². The van der Waals surface area contributed by atoms with E-state index in [1.54, 1.807) is 6.92 Å². The van der Waals surface area contributed by atoms with Gasteiger partial charge in [0.25, 0.3) is 0 Å². The molecule has 0 fully saturated rings. The van der Waals surface area contributed by atoms with Gasteiger partial charge in [-0.15, -0.1) is 10.2 Å². The minimum absolute atomic E-state index is 0.0145. The van der Waals surface area contributed by atoms with E-state index in [9.17, 15) is 21.6 Å². The lowest BCUT2D eigenvalue weighted by molar-refractivity contribution is -0.0429. The summed E-state index contributed by atoms with van der Waals surface area (Å²) in [7, 11) is -5.63. The van der Waals surface area contributed by atoms with Gasteiger partial charge in [0.05, 0.1) is 11.4 Å². The van der Waals surface area contributed by atoms with E-state index in [0.717, 1.165) is 6.07 Å². The predicted octanol–water partition coefficient (Wildman–Crippen LogP) is 3.94. The molecular formula is C15H14ClF3N4O4S. The van der Waals surface area contributed by atoms with Gasteiger partial charge in [-0.05, 0) is 38.1 Å². The maximum absolute atomic E-state index is 12.7. The van der Waals surface area contributed by atoms with Crippen LogP contribution in [0.3, 0.4) is 0 Å². The predicted molar refractivity (Wildman–Crippen MR) is 96.0 cm³/mol. The Bertz CT molecular complexity index is 966. The van der Waals surface area contributed by atoms with E-state index in [-0.39, 0.29) is 40.4 Å². The first-order valence-corrected chi connectivity index (χ1v) is 9.46. The molecule has 1 aromatic heterocycles. The van der Waals surface area contributed by atoms with Crippen LogP contribution >= 0.6 is 11.6 Å². The van der Waals surface area contributed by atoms with Crippen molar-refractivity contribution in [3.8, 4) is 11.6 Å². The summed E-state index contributed by atoms with van der Waals surface area (Å²) in [6, 6.07) is 6.49. The van der Waals surface area contributed by atoms with Crippen molar-refractivity contribution in [3.63, 3.8) is 0 Å². The zero-order valence-electron chi connectivity index (χ0n) is 14.5. The van der Waals surface area contributed by atoms with E-state index in [0.29, 0.717) is 0 Å². The molecule has 1 N–H and O–H groups in total. The number of ether oxygens (including phenoxy) is 1. The molecule has 0 saturated carbocycles. The Morgan fingerprint density at radius 3 is 2.54 bits per heavy atom. The number of aromatic nitrogens is 2. The van der Waals surface area contributed by atoms with Crippen molar-refractivity contribution < 1.29 is 31.2 Å². The van der Waals surface area contributed by atoms with Crippen LogP contribution in [0.15, 0.2) is 35.5 Å². The Morgan fingerprint density at radius 2 is 1.96 bits per heavy atom. The molecule has 0 atom stereocenters. The number of sulfonamides is 1. The zero-order valence-corrected chi connectivity index (χ0v) is 16.1. The summed E-state index contributed by atoms with van der Waals surface area (Å²) in [5.74, 6) is 0.214. The summed E-state index contributed by atoms with van der Waals surface area (Å²) < 4.78 is 67.9. The highest BCUT2D eigenvalue weighted by Crippen LogP contribution is 2.30. The average molecular weight is 439 g/mol. The van der Waals surface area contributed by atoms with Crippen LogP contribution in [-0.4, -0.2) is 36.4 Å². The molecule has 0 aliphatic heterocycles. The lowest BCUT2D eigenvalue weighted by Gasteiger charge is -2.15. The van der Waals surface area contributed by atoms with Gasteiger partial charge < -0.3 is 9.57 Å². The van der Waals surface area contributed by atoms with Gasteiger partial charge in [0.1, 0.15) is 12.4 Å². The SMILES string of the molecule is CCON=C(C)c1cc(Oc2ccc(Cl)nn2)ccc1NS(=O)(=O)C(F)(F)F. The van der Waals surface area contributed by atoms with Crippen molar-refractivity contribution in [2.45, 2.75) is 19.4 Å². The number of anilines is 1. The normalized spacial score (nSPS) is 12.6. The number of oxime groups is 1. The highest BCUT2D eigenvalue weighted by Gasteiger charge is 2.46. The smallest absolute Gasteiger partial charge is 0.437 e. The van der Waals surface area contributed by atoms with Crippen LogP contribution in [0.1, 0.15) is 19.4 Å². The Kier molecular flexibility index (Phi) is 6.67. The van der Waals surface area contributed by atoms with E-state index >= 15 is 0 Å². The van der Waals surface area contributed by atoms with Crippen molar-refractivity contribution in [1.29, 1.82) is 0 Å². The summed E-state index contributed by atoms with van der Waals surface area (Å²) in [5, 5.41) is 11.2.